The van der Waals surface area contributed by atoms with Crippen molar-refractivity contribution in [3.8, 4) is 10.4 Å². The minimum atomic E-state index is -4.56. The minimum absolute atomic E-state index is 0.148. The fourth-order valence-corrected chi connectivity index (χ4v) is 5.59. The number of hydrogen-bond donors (Lipinski definition) is 2. The normalized spacial score (nSPS) is 20.0. The van der Waals surface area contributed by atoms with Gasteiger partial charge in [-0.3, -0.25) is 4.79 Å². The molecule has 1 aliphatic rings. The van der Waals surface area contributed by atoms with Crippen molar-refractivity contribution in [2.24, 2.45) is 5.92 Å². The molecule has 0 spiro atoms. The molecular formula is C26H29F3N4O3S. The molecule has 0 bridgehead atoms. The van der Waals surface area contributed by atoms with E-state index in [4.69, 9.17) is 4.74 Å². The third-order valence-corrected chi connectivity index (χ3v) is 7.70. The molecule has 0 radical (unpaired) electrons. The number of thiazole rings is 1. The number of hydrogen-bond acceptors (Lipinski definition) is 8. The van der Waals surface area contributed by atoms with Gasteiger partial charge in [0.2, 0.25) is 5.95 Å². The fraction of sp³-hybridized carbons (Fsp3) is 0.462. The molecule has 1 aromatic carbocycles. The lowest BCUT2D eigenvalue weighted by Crippen LogP contribution is -2.31. The average molecular weight is 535 g/mol. The van der Waals surface area contributed by atoms with Gasteiger partial charge in [0.25, 0.3) is 0 Å². The Bertz CT molecular complexity index is 1240. The van der Waals surface area contributed by atoms with E-state index in [2.05, 4.69) is 20.3 Å². The van der Waals surface area contributed by atoms with Crippen LogP contribution in [0.4, 0.5) is 24.8 Å². The van der Waals surface area contributed by atoms with Crippen molar-refractivity contribution in [2.45, 2.75) is 64.1 Å². The van der Waals surface area contributed by atoms with E-state index in [1.807, 2.05) is 13.0 Å². The number of carbonyl (C=O) groups excluding carboxylic acids is 1. The number of alkyl halides is 3. The van der Waals surface area contributed by atoms with E-state index in [9.17, 15) is 23.1 Å². The highest BCUT2D eigenvalue weighted by Gasteiger charge is 2.37. The first-order valence-electron chi connectivity index (χ1n) is 12.2. The van der Waals surface area contributed by atoms with Gasteiger partial charge in [0.15, 0.2) is 0 Å². The van der Waals surface area contributed by atoms with Gasteiger partial charge in [0, 0.05) is 24.5 Å². The minimum Gasteiger partial charge on any atom is -0.466 e. The molecule has 1 aliphatic carbocycles. The van der Waals surface area contributed by atoms with Gasteiger partial charge in [0.1, 0.15) is 16.3 Å². The molecule has 0 unspecified atom stereocenters. The van der Waals surface area contributed by atoms with Crippen LogP contribution >= 0.6 is 11.3 Å². The predicted molar refractivity (Wildman–Crippen MR) is 134 cm³/mol. The SMILES string of the molecule is CCOC(=O)CCC1CCC(O)(c2ncc(-c3cc(C)cc(Nc4nccc(C(F)(F)F)n4)c3)s2)CC1. The molecule has 11 heteroatoms. The van der Waals surface area contributed by atoms with Crippen LogP contribution in [0.5, 0.6) is 0 Å². The first kappa shape index (κ1) is 27.0. The van der Waals surface area contributed by atoms with E-state index >= 15 is 0 Å². The van der Waals surface area contributed by atoms with Crippen LogP contribution in [0.15, 0.2) is 36.7 Å². The lowest BCUT2D eigenvalue weighted by atomic mass is 9.77. The van der Waals surface area contributed by atoms with Gasteiger partial charge in [-0.1, -0.05) is 6.07 Å². The molecular weight excluding hydrogens is 505 g/mol. The number of nitrogens with one attached hydrogen (secondary N) is 1. The summed E-state index contributed by atoms with van der Waals surface area (Å²) in [4.78, 5) is 24.5. The molecule has 198 valence electrons. The summed E-state index contributed by atoms with van der Waals surface area (Å²) >= 11 is 1.40. The lowest BCUT2D eigenvalue weighted by Gasteiger charge is -2.34. The monoisotopic (exact) mass is 534 g/mol. The number of aliphatic hydroxyl groups is 1. The number of nitrogens with zero attached hydrogens (tertiary/aromatic N) is 3. The Morgan fingerprint density at radius 3 is 2.70 bits per heavy atom. The Labute approximate surface area is 217 Å². The van der Waals surface area contributed by atoms with Crippen LogP contribution < -0.4 is 5.32 Å². The average Bonchev–Trinajstić information content (AvgIpc) is 3.35. The van der Waals surface area contributed by atoms with Crippen molar-refractivity contribution >= 4 is 28.9 Å². The van der Waals surface area contributed by atoms with Gasteiger partial charge in [0.05, 0.1) is 11.5 Å². The van der Waals surface area contributed by atoms with Crippen molar-refractivity contribution < 1.29 is 27.8 Å². The summed E-state index contributed by atoms with van der Waals surface area (Å²) in [5.74, 6) is 0.0394. The standard InChI is InChI=1S/C26H29F3N4O3S/c1-3-36-22(34)5-4-17-6-9-25(35,10-7-17)23-31-15-20(37-23)18-12-16(2)13-19(14-18)32-24-30-11-8-21(33-24)26(27,28)29/h8,11-15,17,35H,3-7,9-10H2,1-2H3,(H,30,32,33). The van der Waals surface area contributed by atoms with E-state index in [0.717, 1.165) is 47.5 Å². The molecule has 0 atom stereocenters. The Kier molecular flexibility index (Phi) is 8.13. The van der Waals surface area contributed by atoms with Gasteiger partial charge in [-0.25, -0.2) is 15.0 Å². The van der Waals surface area contributed by atoms with Crippen molar-refractivity contribution in [3.63, 3.8) is 0 Å². The number of esters is 1. The second-order valence-electron chi connectivity index (χ2n) is 9.32. The third-order valence-electron chi connectivity index (χ3n) is 6.46. The smallest absolute Gasteiger partial charge is 0.433 e. The summed E-state index contributed by atoms with van der Waals surface area (Å²) in [7, 11) is 0. The molecule has 7 nitrogen and oxygen atoms in total. The molecule has 4 rings (SSSR count). The topological polar surface area (TPSA) is 97.2 Å². The summed E-state index contributed by atoms with van der Waals surface area (Å²) in [6, 6.07) is 6.36. The first-order valence-corrected chi connectivity index (χ1v) is 13.0. The number of aryl methyl sites for hydroxylation is 1. The molecule has 2 heterocycles. The van der Waals surface area contributed by atoms with Crippen molar-refractivity contribution in [3.05, 3.63) is 52.9 Å². The van der Waals surface area contributed by atoms with E-state index in [1.165, 1.54) is 11.3 Å². The number of carbonyl (C=O) groups is 1. The molecule has 1 saturated carbocycles. The summed E-state index contributed by atoms with van der Waals surface area (Å²) in [6.45, 7) is 4.06. The number of rotatable bonds is 8. The lowest BCUT2D eigenvalue weighted by molar-refractivity contribution is -0.143. The number of halogens is 3. The highest BCUT2D eigenvalue weighted by Crippen LogP contribution is 2.44. The Morgan fingerprint density at radius 1 is 1.24 bits per heavy atom. The molecule has 0 aliphatic heterocycles. The molecule has 37 heavy (non-hydrogen) atoms. The van der Waals surface area contributed by atoms with Crippen LogP contribution in [0, 0.1) is 12.8 Å². The van der Waals surface area contributed by atoms with Crippen LogP contribution in [0.3, 0.4) is 0 Å². The predicted octanol–water partition coefficient (Wildman–Crippen LogP) is 6.39. The van der Waals surface area contributed by atoms with Crippen molar-refractivity contribution in [1.82, 2.24) is 15.0 Å². The number of ether oxygens (including phenoxy) is 1. The number of benzene rings is 1. The van der Waals surface area contributed by atoms with Crippen LogP contribution in [-0.2, 0) is 21.3 Å². The highest BCUT2D eigenvalue weighted by molar-refractivity contribution is 7.15. The second-order valence-corrected chi connectivity index (χ2v) is 10.4. The van der Waals surface area contributed by atoms with Crippen LogP contribution in [0.2, 0.25) is 0 Å². The fourth-order valence-electron chi connectivity index (χ4n) is 4.54. The number of anilines is 2. The van der Waals surface area contributed by atoms with Gasteiger partial charge < -0.3 is 15.2 Å². The molecule has 2 N–H and O–H groups in total. The maximum atomic E-state index is 13.0. The summed E-state index contributed by atoms with van der Waals surface area (Å²) in [6.07, 6.45) is 2.13. The number of aromatic nitrogens is 3. The zero-order chi connectivity index (χ0) is 26.6. The maximum Gasteiger partial charge on any atom is 0.433 e. The Morgan fingerprint density at radius 2 is 2.00 bits per heavy atom. The molecule has 1 fully saturated rings. The van der Waals surface area contributed by atoms with Gasteiger partial charge in [-0.05, 0) is 81.2 Å². The van der Waals surface area contributed by atoms with Crippen molar-refractivity contribution in [1.29, 1.82) is 0 Å². The summed E-state index contributed by atoms with van der Waals surface area (Å²) in [5.41, 5.74) is 0.228. The zero-order valence-corrected chi connectivity index (χ0v) is 21.5. The maximum absolute atomic E-state index is 13.0. The van der Waals surface area contributed by atoms with E-state index in [-0.39, 0.29) is 11.9 Å². The molecule has 3 aromatic rings. The quantitative estimate of drug-likeness (QED) is 0.323. The molecule has 2 aromatic heterocycles. The van der Waals surface area contributed by atoms with E-state index in [1.54, 1.807) is 25.3 Å². The molecule has 0 amide bonds. The highest BCUT2D eigenvalue weighted by atomic mass is 32.1. The van der Waals surface area contributed by atoms with Crippen molar-refractivity contribution in [2.75, 3.05) is 11.9 Å². The van der Waals surface area contributed by atoms with Gasteiger partial charge in [-0.2, -0.15) is 13.2 Å². The summed E-state index contributed by atoms with van der Waals surface area (Å²) < 4.78 is 44.0. The van der Waals surface area contributed by atoms with Crippen LogP contribution in [0.1, 0.15) is 61.7 Å². The Hall–Kier alpha value is -3.05. The first-order chi connectivity index (χ1) is 17.6. The van der Waals surface area contributed by atoms with E-state index < -0.39 is 17.5 Å². The largest absolute Gasteiger partial charge is 0.466 e. The van der Waals surface area contributed by atoms with Gasteiger partial charge in [-0.15, -0.1) is 11.3 Å². The van der Waals surface area contributed by atoms with E-state index in [0.29, 0.717) is 42.5 Å². The molecule has 0 saturated heterocycles. The van der Waals surface area contributed by atoms with Crippen LogP contribution in [0.25, 0.3) is 10.4 Å². The van der Waals surface area contributed by atoms with Gasteiger partial charge >= 0.3 is 12.1 Å². The third kappa shape index (κ3) is 6.84. The zero-order valence-electron chi connectivity index (χ0n) is 20.6. The second kappa shape index (κ2) is 11.1. The Balaban J connectivity index is 1.44. The summed E-state index contributed by atoms with van der Waals surface area (Å²) in [5, 5.41) is 14.8. The van der Waals surface area contributed by atoms with Crippen LogP contribution in [-0.4, -0.2) is 32.6 Å².